The van der Waals surface area contributed by atoms with E-state index >= 15 is 0 Å². The summed E-state index contributed by atoms with van der Waals surface area (Å²) in [5, 5.41) is 6.15. The van der Waals surface area contributed by atoms with E-state index in [1.165, 1.54) is 11.0 Å². The molecule has 188 valence electrons. The average molecular weight is 524 g/mol. The first-order chi connectivity index (χ1) is 19.1. The third-order valence-electron chi connectivity index (χ3n) is 8.34. The van der Waals surface area contributed by atoms with Gasteiger partial charge in [0.05, 0.1) is 21.9 Å². The molecule has 0 amide bonds. The largest absolute Gasteiger partial charge is 0.376 e. The van der Waals surface area contributed by atoms with Gasteiger partial charge in [0.1, 0.15) is 9.73 Å². The summed E-state index contributed by atoms with van der Waals surface area (Å²) in [7, 11) is -2.99. The van der Waals surface area contributed by atoms with Crippen LogP contribution in [0.3, 0.4) is 0 Å². The van der Waals surface area contributed by atoms with Gasteiger partial charge in [-0.05, 0) is 57.8 Å². The van der Waals surface area contributed by atoms with Gasteiger partial charge in [-0.2, -0.15) is 0 Å². The third-order valence-corrected chi connectivity index (χ3v) is 10.3. The molecule has 0 spiro atoms. The highest BCUT2D eigenvalue weighted by atomic mass is 32.2. The molecule has 8 rings (SSSR count). The molecule has 0 bridgehead atoms. The number of hydrogen-bond donors (Lipinski definition) is 2. The van der Waals surface area contributed by atoms with Crippen molar-refractivity contribution >= 4 is 32.4 Å². The van der Waals surface area contributed by atoms with Gasteiger partial charge < -0.3 is 5.32 Å². The molecule has 4 aromatic rings. The Morgan fingerprint density at radius 3 is 2.44 bits per heavy atom. The fraction of sp³-hybridized carbons (Fsp3) is 0.0882. The van der Waals surface area contributed by atoms with Crippen molar-refractivity contribution in [3.63, 3.8) is 0 Å². The fourth-order valence-electron chi connectivity index (χ4n) is 6.44. The van der Waals surface area contributed by atoms with Gasteiger partial charge in [0.2, 0.25) is 0 Å². The summed E-state index contributed by atoms with van der Waals surface area (Å²) < 4.78 is 21.9. The number of fused-ring (bicyclic) bond motifs is 7. The first-order valence-corrected chi connectivity index (χ1v) is 14.8. The second kappa shape index (κ2) is 8.26. The van der Waals surface area contributed by atoms with E-state index in [9.17, 15) is 4.21 Å². The number of allylic oxidation sites excluding steroid dienone is 3. The molecular weight excluding hydrogens is 498 g/mol. The molecule has 0 saturated heterocycles. The molecule has 4 unspecified atom stereocenters. The molecule has 4 nitrogen and oxygen atoms in total. The minimum atomic E-state index is -2.99. The van der Waals surface area contributed by atoms with E-state index in [0.717, 1.165) is 38.9 Å². The Bertz CT molecular complexity index is 1980. The highest BCUT2D eigenvalue weighted by Gasteiger charge is 2.34. The first-order valence-electron chi connectivity index (χ1n) is 13.2. The van der Waals surface area contributed by atoms with Gasteiger partial charge in [0.15, 0.2) is 0 Å². The summed E-state index contributed by atoms with van der Waals surface area (Å²) in [4.78, 5) is 6.02. The van der Waals surface area contributed by atoms with E-state index in [1.54, 1.807) is 0 Å². The van der Waals surface area contributed by atoms with E-state index in [2.05, 4.69) is 78.2 Å². The van der Waals surface area contributed by atoms with Gasteiger partial charge in [-0.15, -0.1) is 0 Å². The van der Waals surface area contributed by atoms with Crippen molar-refractivity contribution in [2.24, 2.45) is 10.9 Å². The van der Waals surface area contributed by atoms with Crippen molar-refractivity contribution in [2.75, 3.05) is 0 Å². The van der Waals surface area contributed by atoms with Crippen molar-refractivity contribution in [1.29, 1.82) is 4.78 Å². The van der Waals surface area contributed by atoms with Crippen LogP contribution in [0, 0.1) is 10.7 Å². The molecule has 0 radical (unpaired) electrons. The zero-order chi connectivity index (χ0) is 26.1. The monoisotopic (exact) mass is 523 g/mol. The summed E-state index contributed by atoms with van der Waals surface area (Å²) in [6.07, 6.45) is 15.0. The highest BCUT2D eigenvalue weighted by Crippen LogP contribution is 2.46. The minimum absolute atomic E-state index is 0.135. The lowest BCUT2D eigenvalue weighted by Gasteiger charge is -2.37. The second-order valence-corrected chi connectivity index (χ2v) is 12.4. The van der Waals surface area contributed by atoms with Gasteiger partial charge in [-0.3, -0.25) is 4.99 Å². The molecule has 4 aromatic carbocycles. The van der Waals surface area contributed by atoms with Gasteiger partial charge in [-0.1, -0.05) is 85.0 Å². The maximum Gasteiger partial charge on any atom is 0.102 e. The number of nitrogens with one attached hydrogen (secondary N) is 2. The van der Waals surface area contributed by atoms with E-state index < -0.39 is 9.73 Å². The smallest absolute Gasteiger partial charge is 0.102 e. The van der Waals surface area contributed by atoms with Gasteiger partial charge in [0, 0.05) is 34.5 Å². The molecule has 4 atom stereocenters. The number of nitrogens with zero attached hydrogens (tertiary/aromatic N) is 1. The normalized spacial score (nSPS) is 25.7. The molecule has 4 aliphatic rings. The molecule has 0 saturated carbocycles. The minimum Gasteiger partial charge on any atom is -0.376 e. The van der Waals surface area contributed by atoms with E-state index in [-0.39, 0.29) is 12.1 Å². The predicted octanol–water partition coefficient (Wildman–Crippen LogP) is 7.39. The zero-order valence-corrected chi connectivity index (χ0v) is 21.9. The van der Waals surface area contributed by atoms with Crippen molar-refractivity contribution < 1.29 is 4.21 Å². The topological polar surface area (TPSA) is 65.3 Å². The Balaban J connectivity index is 1.24. The van der Waals surface area contributed by atoms with E-state index in [4.69, 9.17) is 9.77 Å². The van der Waals surface area contributed by atoms with Crippen LogP contribution in [-0.4, -0.2) is 22.5 Å². The number of dihydropyridines is 2. The van der Waals surface area contributed by atoms with E-state index in [1.807, 2.05) is 48.7 Å². The van der Waals surface area contributed by atoms with Crippen molar-refractivity contribution in [2.45, 2.75) is 21.9 Å². The maximum absolute atomic E-state index is 13.3. The summed E-state index contributed by atoms with van der Waals surface area (Å²) in [6, 6.07) is 26.8. The quantitative estimate of drug-likeness (QED) is 0.253. The molecule has 0 aromatic heterocycles. The van der Waals surface area contributed by atoms with Crippen LogP contribution >= 0.6 is 0 Å². The predicted molar refractivity (Wildman–Crippen MR) is 159 cm³/mol. The maximum atomic E-state index is 13.3. The average Bonchev–Trinajstić information content (AvgIpc) is 3.22. The van der Waals surface area contributed by atoms with Crippen molar-refractivity contribution in [1.82, 2.24) is 5.32 Å². The van der Waals surface area contributed by atoms with Crippen LogP contribution in [-0.2, 0) is 9.73 Å². The summed E-state index contributed by atoms with van der Waals surface area (Å²) in [6.45, 7) is 0. The van der Waals surface area contributed by atoms with Crippen LogP contribution in [0.5, 0.6) is 0 Å². The fourth-order valence-corrected chi connectivity index (χ4v) is 8.18. The lowest BCUT2D eigenvalue weighted by Crippen LogP contribution is -2.46. The molecule has 1 aliphatic carbocycles. The molecular formula is C34H25N3OS. The molecule has 3 aliphatic heterocycles. The van der Waals surface area contributed by atoms with Gasteiger partial charge in [0.25, 0.3) is 0 Å². The Morgan fingerprint density at radius 2 is 1.54 bits per heavy atom. The van der Waals surface area contributed by atoms with E-state index in [0.29, 0.717) is 15.7 Å². The van der Waals surface area contributed by atoms with Crippen molar-refractivity contribution in [3.8, 4) is 22.3 Å². The van der Waals surface area contributed by atoms with Crippen LogP contribution in [0.2, 0.25) is 0 Å². The van der Waals surface area contributed by atoms with Gasteiger partial charge in [-0.25, -0.2) is 8.99 Å². The standard InChI is InChI=1S/C34H25N3OS/c35-39(38)31-10-4-3-9-28(31)29-20-23(14-18-32(29)39)24-15-16-27(26-8-2-1-7-25(24)26)30-17-13-22-12-11-21-6-5-19-36-33(21)34(22)37-30/h1-21,33-35,37H. The first kappa shape index (κ1) is 22.5. The number of hydrogen-bond acceptors (Lipinski definition) is 4. The molecule has 5 heteroatoms. The lowest BCUT2D eigenvalue weighted by atomic mass is 9.80. The Morgan fingerprint density at radius 1 is 0.769 bits per heavy atom. The van der Waals surface area contributed by atoms with Crippen LogP contribution in [0.25, 0.3) is 38.7 Å². The second-order valence-electron chi connectivity index (χ2n) is 10.4. The Labute approximate surface area is 227 Å². The molecule has 0 fully saturated rings. The van der Waals surface area contributed by atoms with Gasteiger partial charge >= 0.3 is 0 Å². The number of rotatable bonds is 2. The summed E-state index contributed by atoms with van der Waals surface area (Å²) in [5.74, 6) is 0.312. The number of benzene rings is 4. The van der Waals surface area contributed by atoms with Crippen molar-refractivity contribution in [3.05, 3.63) is 126 Å². The third kappa shape index (κ3) is 3.30. The molecule has 3 heterocycles. The van der Waals surface area contributed by atoms with Crippen LogP contribution in [0.4, 0.5) is 0 Å². The number of aliphatic imine (C=N–C) groups is 1. The summed E-state index contributed by atoms with van der Waals surface area (Å²) >= 11 is 0. The highest BCUT2D eigenvalue weighted by molar-refractivity contribution is 7.93. The SMILES string of the molecule is N=S1(=O)c2ccccc2-c2cc(-c3ccc(C4=CC=C5C=CC6C=CC=NC6C5N4)c4ccccc34)ccc21. The Kier molecular flexibility index (Phi) is 4.76. The zero-order valence-electron chi connectivity index (χ0n) is 21.0. The Hall–Kier alpha value is -4.48. The van der Waals surface area contributed by atoms with Crippen LogP contribution in [0.1, 0.15) is 5.56 Å². The van der Waals surface area contributed by atoms with Crippen LogP contribution in [0.15, 0.2) is 136 Å². The molecule has 39 heavy (non-hydrogen) atoms. The lowest BCUT2D eigenvalue weighted by molar-refractivity contribution is 0.468. The van der Waals surface area contributed by atoms with Crippen LogP contribution < -0.4 is 5.32 Å². The molecule has 2 N–H and O–H groups in total. The summed E-state index contributed by atoms with van der Waals surface area (Å²) in [5.41, 5.74) is 7.49.